The highest BCUT2D eigenvalue weighted by Gasteiger charge is 2.65. The van der Waals surface area contributed by atoms with E-state index < -0.39 is 50.6 Å². The fraction of sp³-hybridized carbons (Fsp3) is 0.385. The lowest BCUT2D eigenvalue weighted by Gasteiger charge is -2.40. The summed E-state index contributed by atoms with van der Waals surface area (Å²) in [6, 6.07) is 8.40. The van der Waals surface area contributed by atoms with Crippen LogP contribution in [0.25, 0.3) is 11.3 Å². The number of ether oxygens (including phenoxy) is 1. The van der Waals surface area contributed by atoms with Crippen molar-refractivity contribution in [3.63, 3.8) is 0 Å². The molecule has 0 spiro atoms. The Kier molecular flexibility index (Phi) is 7.92. The highest BCUT2D eigenvalue weighted by atomic mass is 32.2. The zero-order chi connectivity index (χ0) is 31.3. The number of nitrogen functional groups attached to an aromatic ring is 1. The molecular weight excluding hydrogens is 572 g/mol. The van der Waals surface area contributed by atoms with Crippen molar-refractivity contribution in [2.24, 2.45) is 5.92 Å². The van der Waals surface area contributed by atoms with Crippen LogP contribution in [0.4, 0.5) is 11.6 Å². The van der Waals surface area contributed by atoms with Crippen LogP contribution in [0.15, 0.2) is 53.7 Å². The van der Waals surface area contributed by atoms with Gasteiger partial charge in [-0.1, -0.05) is 0 Å². The molecule has 1 unspecified atom stereocenters. The molecule has 8 N–H and O–H groups in total. The molecule has 0 aliphatic carbocycles. The molecule has 0 bridgehead atoms. The van der Waals surface area contributed by atoms with E-state index in [9.17, 15) is 38.7 Å². The van der Waals surface area contributed by atoms with Gasteiger partial charge >= 0.3 is 0 Å². The Hall–Kier alpha value is -3.93. The highest BCUT2D eigenvalue weighted by molar-refractivity contribution is 7.90. The number of rotatable bonds is 8. The number of nitrogens with two attached hydrogens (primary N) is 1. The van der Waals surface area contributed by atoms with Crippen LogP contribution in [0, 0.1) is 5.92 Å². The lowest BCUT2D eigenvalue weighted by atomic mass is 9.86. The third kappa shape index (κ3) is 5.72. The van der Waals surface area contributed by atoms with E-state index in [2.05, 4.69) is 15.0 Å². The molecular formula is C26H32N6O9S. The minimum Gasteiger partial charge on any atom is -0.475 e. The molecule has 42 heavy (non-hydrogen) atoms. The Morgan fingerprint density at radius 1 is 1.14 bits per heavy atom. The number of anilines is 2. The zero-order valence-corrected chi connectivity index (χ0v) is 23.9. The van der Waals surface area contributed by atoms with Crippen molar-refractivity contribution in [3.8, 4) is 17.1 Å². The first kappa shape index (κ1) is 31.0. The van der Waals surface area contributed by atoms with Gasteiger partial charge in [0.15, 0.2) is 5.79 Å². The SMILES string of the molecule is CC(C)Oc1ccc(-c2ccc(C(=O)NS(=O)(=O)c3cccnc3N)c(N3CC(C(O)(O)O)C(O)(O)C3(C)C)n2)cn1. The van der Waals surface area contributed by atoms with E-state index in [1.165, 1.54) is 44.4 Å². The van der Waals surface area contributed by atoms with E-state index >= 15 is 0 Å². The molecule has 1 amide bonds. The van der Waals surface area contributed by atoms with E-state index in [4.69, 9.17) is 10.5 Å². The van der Waals surface area contributed by atoms with Gasteiger partial charge in [-0.2, -0.15) is 0 Å². The highest BCUT2D eigenvalue weighted by Crippen LogP contribution is 2.46. The van der Waals surface area contributed by atoms with Gasteiger partial charge in [0.1, 0.15) is 22.4 Å². The number of hydrogen-bond donors (Lipinski definition) is 7. The minimum absolute atomic E-state index is 0.122. The molecule has 15 nitrogen and oxygen atoms in total. The molecule has 4 heterocycles. The van der Waals surface area contributed by atoms with Gasteiger partial charge in [-0.3, -0.25) is 4.79 Å². The first-order chi connectivity index (χ1) is 19.4. The molecule has 1 saturated heterocycles. The van der Waals surface area contributed by atoms with Crippen molar-refractivity contribution in [2.75, 3.05) is 17.2 Å². The Labute approximate surface area is 241 Å². The zero-order valence-electron chi connectivity index (χ0n) is 23.1. The second-order valence-electron chi connectivity index (χ2n) is 10.6. The number of nitrogens with zero attached hydrogens (tertiary/aromatic N) is 4. The first-order valence-corrected chi connectivity index (χ1v) is 14.2. The monoisotopic (exact) mass is 604 g/mol. The van der Waals surface area contributed by atoms with Crippen molar-refractivity contribution < 1.29 is 43.5 Å². The number of aliphatic hydroxyl groups is 5. The first-order valence-electron chi connectivity index (χ1n) is 12.7. The van der Waals surface area contributed by atoms with Gasteiger partial charge in [-0.15, -0.1) is 0 Å². The number of carbonyl (C=O) groups excluding carboxylic acids is 1. The predicted molar refractivity (Wildman–Crippen MR) is 148 cm³/mol. The molecule has 4 rings (SSSR count). The molecule has 0 saturated carbocycles. The van der Waals surface area contributed by atoms with Crippen molar-refractivity contribution in [2.45, 2.75) is 56.0 Å². The number of nitrogens with one attached hydrogen (secondary N) is 1. The predicted octanol–water partition coefficient (Wildman–Crippen LogP) is -0.447. The largest absolute Gasteiger partial charge is 0.475 e. The normalized spacial score (nSPS) is 18.2. The fourth-order valence-electron chi connectivity index (χ4n) is 4.60. The van der Waals surface area contributed by atoms with Crippen LogP contribution in [0.1, 0.15) is 38.1 Å². The van der Waals surface area contributed by atoms with Crippen molar-refractivity contribution >= 4 is 27.6 Å². The average Bonchev–Trinajstić information content (AvgIpc) is 3.07. The van der Waals surface area contributed by atoms with Gasteiger partial charge in [0.2, 0.25) is 5.88 Å². The van der Waals surface area contributed by atoms with E-state index in [1.54, 1.807) is 12.1 Å². The average molecular weight is 605 g/mol. The van der Waals surface area contributed by atoms with Crippen LogP contribution in [-0.4, -0.2) is 84.8 Å². The minimum atomic E-state index is -4.52. The second kappa shape index (κ2) is 10.7. The lowest BCUT2D eigenvalue weighted by Crippen LogP contribution is -2.60. The Morgan fingerprint density at radius 3 is 2.38 bits per heavy atom. The molecule has 16 heteroatoms. The molecule has 3 aromatic heterocycles. The van der Waals surface area contributed by atoms with Gasteiger partial charge in [0, 0.05) is 30.6 Å². The Morgan fingerprint density at radius 2 is 1.83 bits per heavy atom. The number of sulfonamides is 1. The summed E-state index contributed by atoms with van der Waals surface area (Å²) in [5.41, 5.74) is 4.26. The molecule has 1 atom stereocenters. The number of carbonyl (C=O) groups is 1. The standard InChI is InChI=1S/C26H32N6O9S/c1-14(2)41-20-10-7-15(12-29-20)17-9-8-16(23(33)31-42(39,40)18-6-5-11-28-21(18)27)22(30-17)32-13-19(26(36,37)38)25(34,35)24(32,3)4/h5-12,14,19,34-38H,13H2,1-4H3,(H2,27,28)(H,31,33). The number of amides is 1. The number of aromatic nitrogens is 3. The van der Waals surface area contributed by atoms with Crippen molar-refractivity contribution in [1.29, 1.82) is 0 Å². The fourth-order valence-corrected chi connectivity index (χ4v) is 5.65. The summed E-state index contributed by atoms with van der Waals surface area (Å²) in [5.74, 6) is -9.85. The van der Waals surface area contributed by atoms with Gasteiger partial charge in [-0.05, 0) is 58.0 Å². The molecule has 1 aliphatic heterocycles. The summed E-state index contributed by atoms with van der Waals surface area (Å²) in [5, 5.41) is 51.5. The van der Waals surface area contributed by atoms with Crippen LogP contribution < -0.4 is 20.1 Å². The van der Waals surface area contributed by atoms with Gasteiger partial charge < -0.3 is 40.9 Å². The summed E-state index contributed by atoms with van der Waals surface area (Å²) in [7, 11) is -4.52. The molecule has 1 aliphatic rings. The van der Waals surface area contributed by atoms with Gasteiger partial charge in [0.25, 0.3) is 21.9 Å². The Balaban J connectivity index is 1.83. The van der Waals surface area contributed by atoms with E-state index in [-0.39, 0.29) is 29.0 Å². The summed E-state index contributed by atoms with van der Waals surface area (Å²) < 4.78 is 33.5. The maximum absolute atomic E-state index is 13.4. The quantitative estimate of drug-likeness (QED) is 0.161. The third-order valence-corrected chi connectivity index (χ3v) is 8.35. The molecule has 0 radical (unpaired) electrons. The van der Waals surface area contributed by atoms with Crippen LogP contribution in [-0.2, 0) is 10.0 Å². The molecule has 0 aromatic carbocycles. The van der Waals surface area contributed by atoms with E-state index in [1.807, 2.05) is 18.6 Å². The molecule has 226 valence electrons. The van der Waals surface area contributed by atoms with Crippen molar-refractivity contribution in [3.05, 3.63) is 54.4 Å². The maximum atomic E-state index is 13.4. The van der Waals surface area contributed by atoms with E-state index in [0.717, 1.165) is 11.0 Å². The number of hydrogen-bond acceptors (Lipinski definition) is 14. The van der Waals surface area contributed by atoms with Crippen LogP contribution in [0.5, 0.6) is 5.88 Å². The maximum Gasteiger partial charge on any atom is 0.285 e. The van der Waals surface area contributed by atoms with Gasteiger partial charge in [0.05, 0.1) is 22.9 Å². The van der Waals surface area contributed by atoms with Crippen LogP contribution >= 0.6 is 0 Å². The smallest absolute Gasteiger partial charge is 0.285 e. The lowest BCUT2D eigenvalue weighted by molar-refractivity contribution is -0.386. The van der Waals surface area contributed by atoms with Crippen molar-refractivity contribution in [1.82, 2.24) is 19.7 Å². The summed E-state index contributed by atoms with van der Waals surface area (Å²) in [6.45, 7) is 5.66. The summed E-state index contributed by atoms with van der Waals surface area (Å²) in [4.78, 5) is 26.6. The van der Waals surface area contributed by atoms with Gasteiger partial charge in [-0.25, -0.2) is 28.1 Å². The summed E-state index contributed by atoms with van der Waals surface area (Å²) in [6.07, 6.45) is 2.61. The topological polar surface area (TPSA) is 242 Å². The molecule has 3 aromatic rings. The third-order valence-electron chi connectivity index (χ3n) is 6.97. The van der Waals surface area contributed by atoms with Crippen LogP contribution in [0.2, 0.25) is 0 Å². The summed E-state index contributed by atoms with van der Waals surface area (Å²) >= 11 is 0. The molecule has 1 fully saturated rings. The van der Waals surface area contributed by atoms with E-state index in [0.29, 0.717) is 11.4 Å². The second-order valence-corrected chi connectivity index (χ2v) is 12.2. The Bertz CT molecular complexity index is 1590. The number of pyridine rings is 3. The van der Waals surface area contributed by atoms with Crippen LogP contribution in [0.3, 0.4) is 0 Å².